The Bertz CT molecular complexity index is 555. The molecule has 0 heterocycles. The summed E-state index contributed by atoms with van der Waals surface area (Å²) in [5.41, 5.74) is 3.77. The van der Waals surface area contributed by atoms with Gasteiger partial charge in [0.1, 0.15) is 0 Å². The van der Waals surface area contributed by atoms with Crippen LogP contribution < -0.4 is 4.90 Å². The zero-order valence-corrected chi connectivity index (χ0v) is 11.2. The second kappa shape index (κ2) is 6.61. The first-order valence-electron chi connectivity index (χ1n) is 6.52. The Hall–Kier alpha value is -2.27. The Morgan fingerprint density at radius 1 is 1.00 bits per heavy atom. The Kier molecular flexibility index (Phi) is 4.58. The molecule has 0 amide bonds. The van der Waals surface area contributed by atoms with E-state index in [-0.39, 0.29) is 0 Å². The molecule has 2 aromatic rings. The van der Waals surface area contributed by atoms with Gasteiger partial charge in [0.05, 0.1) is 12.5 Å². The monoisotopic (exact) mass is 250 g/mol. The second-order valence-electron chi connectivity index (χ2n) is 4.59. The van der Waals surface area contributed by atoms with Crippen LogP contribution in [0.5, 0.6) is 0 Å². The van der Waals surface area contributed by atoms with Gasteiger partial charge >= 0.3 is 0 Å². The van der Waals surface area contributed by atoms with Crippen molar-refractivity contribution in [3.63, 3.8) is 0 Å². The van der Waals surface area contributed by atoms with Crippen molar-refractivity contribution in [3.8, 4) is 6.07 Å². The number of benzene rings is 2. The third kappa shape index (κ3) is 3.59. The number of rotatable bonds is 5. The van der Waals surface area contributed by atoms with E-state index in [2.05, 4.69) is 54.3 Å². The molecule has 0 aliphatic rings. The Morgan fingerprint density at radius 2 is 1.68 bits per heavy atom. The molecule has 0 bridgehead atoms. The molecule has 2 nitrogen and oxygen atoms in total. The third-order valence-electron chi connectivity index (χ3n) is 3.24. The molecule has 0 aliphatic heterocycles. The van der Waals surface area contributed by atoms with Gasteiger partial charge in [-0.1, -0.05) is 42.5 Å². The first-order valence-corrected chi connectivity index (χ1v) is 6.52. The highest BCUT2D eigenvalue weighted by atomic mass is 15.1. The molecule has 19 heavy (non-hydrogen) atoms. The lowest BCUT2D eigenvalue weighted by Crippen LogP contribution is -2.24. The van der Waals surface area contributed by atoms with Gasteiger partial charge in [0.15, 0.2) is 0 Å². The highest BCUT2D eigenvalue weighted by Crippen LogP contribution is 2.18. The Balaban J connectivity index is 2.20. The third-order valence-corrected chi connectivity index (χ3v) is 3.24. The number of hydrogen-bond acceptors (Lipinski definition) is 2. The lowest BCUT2D eigenvalue weighted by atomic mass is 10.1. The van der Waals surface area contributed by atoms with Crippen molar-refractivity contribution in [2.24, 2.45) is 0 Å². The van der Waals surface area contributed by atoms with Crippen molar-refractivity contribution >= 4 is 5.69 Å². The molecular weight excluding hydrogens is 232 g/mol. The molecule has 0 spiro atoms. The lowest BCUT2D eigenvalue weighted by Gasteiger charge is -2.24. The Labute approximate surface area is 114 Å². The molecule has 0 aromatic heterocycles. The summed E-state index contributed by atoms with van der Waals surface area (Å²) in [5, 5.41) is 8.81. The summed E-state index contributed by atoms with van der Waals surface area (Å²) in [4.78, 5) is 2.26. The molecular formula is C17H18N2. The highest BCUT2D eigenvalue weighted by Gasteiger charge is 2.08. The number of hydrogen-bond donors (Lipinski definition) is 0. The first-order chi connectivity index (χ1) is 9.31. The summed E-state index contributed by atoms with van der Waals surface area (Å²) in [7, 11) is 0. The quantitative estimate of drug-likeness (QED) is 0.804. The van der Waals surface area contributed by atoms with Gasteiger partial charge < -0.3 is 4.90 Å². The van der Waals surface area contributed by atoms with Crippen LogP contribution in [0.2, 0.25) is 0 Å². The molecule has 0 unspecified atom stereocenters. The maximum absolute atomic E-state index is 8.81. The smallest absolute Gasteiger partial charge is 0.0640 e. The van der Waals surface area contributed by atoms with Crippen molar-refractivity contribution in [2.75, 3.05) is 11.4 Å². The van der Waals surface area contributed by atoms with Crippen LogP contribution in [0.3, 0.4) is 0 Å². The predicted octanol–water partition coefficient (Wildman–Crippen LogP) is 3.92. The Morgan fingerprint density at radius 3 is 2.37 bits per heavy atom. The van der Waals surface area contributed by atoms with Crippen LogP contribution in [0.25, 0.3) is 0 Å². The van der Waals surface area contributed by atoms with Gasteiger partial charge in [-0.05, 0) is 30.2 Å². The predicted molar refractivity (Wildman–Crippen MR) is 78.9 cm³/mol. The number of anilines is 1. The fourth-order valence-corrected chi connectivity index (χ4v) is 2.12. The summed E-state index contributed by atoms with van der Waals surface area (Å²) in [6.45, 7) is 3.73. The minimum Gasteiger partial charge on any atom is -0.366 e. The first kappa shape index (κ1) is 13.2. The molecule has 96 valence electrons. The van der Waals surface area contributed by atoms with Crippen LogP contribution in [-0.2, 0) is 6.54 Å². The number of para-hydroxylation sites is 1. The van der Waals surface area contributed by atoms with E-state index in [0.717, 1.165) is 13.1 Å². The molecule has 2 rings (SSSR count). The minimum absolute atomic E-state index is 0.542. The number of nitrogens with zero attached hydrogens (tertiary/aromatic N) is 2. The van der Waals surface area contributed by atoms with Crippen LogP contribution in [0.1, 0.15) is 17.5 Å². The van der Waals surface area contributed by atoms with E-state index in [1.165, 1.54) is 16.8 Å². The standard InChI is InChI=1S/C17H18N2/c1-15-8-5-6-9-16(15)14-19(13-7-12-18)17-10-3-2-4-11-17/h2-6,8-11H,7,13-14H2,1H3. The summed E-state index contributed by atoms with van der Waals surface area (Å²) >= 11 is 0. The lowest BCUT2D eigenvalue weighted by molar-refractivity contribution is 0.794. The normalized spacial score (nSPS) is 9.89. The summed E-state index contributed by atoms with van der Waals surface area (Å²) in [6, 6.07) is 20.9. The van der Waals surface area contributed by atoms with Crippen molar-refractivity contribution in [3.05, 3.63) is 65.7 Å². The summed E-state index contributed by atoms with van der Waals surface area (Å²) < 4.78 is 0. The minimum atomic E-state index is 0.542. The van der Waals surface area contributed by atoms with Gasteiger partial charge in [0.2, 0.25) is 0 Å². The van der Waals surface area contributed by atoms with Crippen molar-refractivity contribution < 1.29 is 0 Å². The van der Waals surface area contributed by atoms with E-state index in [1.54, 1.807) is 0 Å². The molecule has 0 atom stereocenters. The zero-order chi connectivity index (χ0) is 13.5. The average molecular weight is 250 g/mol. The van der Waals surface area contributed by atoms with E-state index < -0.39 is 0 Å². The topological polar surface area (TPSA) is 27.0 Å². The largest absolute Gasteiger partial charge is 0.366 e. The van der Waals surface area contributed by atoms with Crippen LogP contribution in [0.15, 0.2) is 54.6 Å². The van der Waals surface area contributed by atoms with Gasteiger partial charge in [-0.15, -0.1) is 0 Å². The van der Waals surface area contributed by atoms with E-state index in [1.807, 2.05) is 18.2 Å². The van der Waals surface area contributed by atoms with E-state index >= 15 is 0 Å². The molecule has 0 radical (unpaired) electrons. The SMILES string of the molecule is Cc1ccccc1CN(CCC#N)c1ccccc1. The van der Waals surface area contributed by atoms with Crippen LogP contribution in [0, 0.1) is 18.3 Å². The molecule has 0 saturated heterocycles. The highest BCUT2D eigenvalue weighted by molar-refractivity contribution is 5.47. The van der Waals surface area contributed by atoms with E-state index in [0.29, 0.717) is 6.42 Å². The molecule has 0 N–H and O–H groups in total. The molecule has 0 fully saturated rings. The molecule has 0 saturated carbocycles. The summed E-state index contributed by atoms with van der Waals surface area (Å²) in [5.74, 6) is 0. The van der Waals surface area contributed by atoms with Gasteiger partial charge in [-0.3, -0.25) is 0 Å². The van der Waals surface area contributed by atoms with Crippen molar-refractivity contribution in [1.82, 2.24) is 0 Å². The fraction of sp³-hybridized carbons (Fsp3) is 0.235. The van der Waals surface area contributed by atoms with E-state index in [4.69, 9.17) is 5.26 Å². The van der Waals surface area contributed by atoms with Crippen molar-refractivity contribution in [2.45, 2.75) is 19.9 Å². The molecule has 2 heteroatoms. The van der Waals surface area contributed by atoms with Gasteiger partial charge in [0, 0.05) is 18.8 Å². The fourth-order valence-electron chi connectivity index (χ4n) is 2.12. The second-order valence-corrected chi connectivity index (χ2v) is 4.59. The molecule has 0 aliphatic carbocycles. The van der Waals surface area contributed by atoms with E-state index in [9.17, 15) is 0 Å². The maximum atomic E-state index is 8.81. The van der Waals surface area contributed by atoms with Crippen LogP contribution in [-0.4, -0.2) is 6.54 Å². The average Bonchev–Trinajstić information content (AvgIpc) is 2.46. The number of nitriles is 1. The maximum Gasteiger partial charge on any atom is 0.0640 e. The molecule has 2 aromatic carbocycles. The van der Waals surface area contributed by atoms with Crippen LogP contribution in [0.4, 0.5) is 5.69 Å². The van der Waals surface area contributed by atoms with Gasteiger partial charge in [-0.2, -0.15) is 5.26 Å². The number of aryl methyl sites for hydroxylation is 1. The van der Waals surface area contributed by atoms with Gasteiger partial charge in [0.25, 0.3) is 0 Å². The summed E-state index contributed by atoms with van der Waals surface area (Å²) in [6.07, 6.45) is 0.542. The van der Waals surface area contributed by atoms with Gasteiger partial charge in [-0.25, -0.2) is 0 Å². The van der Waals surface area contributed by atoms with Crippen LogP contribution >= 0.6 is 0 Å². The van der Waals surface area contributed by atoms with Crippen molar-refractivity contribution in [1.29, 1.82) is 5.26 Å². The zero-order valence-electron chi connectivity index (χ0n) is 11.2.